The molecule has 0 spiro atoms. The summed E-state index contributed by atoms with van der Waals surface area (Å²) in [5, 5.41) is 2.92. The Hall–Kier alpha value is -2.82. The minimum Gasteiger partial charge on any atom is -0.468 e. The number of piperidine rings is 1. The van der Waals surface area contributed by atoms with E-state index in [9.17, 15) is 9.59 Å². The van der Waals surface area contributed by atoms with Crippen LogP contribution in [0.2, 0.25) is 0 Å². The highest BCUT2D eigenvalue weighted by molar-refractivity contribution is 6.09. The lowest BCUT2D eigenvalue weighted by atomic mass is 9.74. The molecule has 5 nitrogen and oxygen atoms in total. The van der Waals surface area contributed by atoms with Crippen molar-refractivity contribution in [3.63, 3.8) is 0 Å². The van der Waals surface area contributed by atoms with Crippen LogP contribution < -0.4 is 15.0 Å². The van der Waals surface area contributed by atoms with Crippen molar-refractivity contribution in [1.82, 2.24) is 5.32 Å². The first-order valence-electron chi connectivity index (χ1n) is 8.99. The molecule has 2 aliphatic rings. The average Bonchev–Trinajstić information content (AvgIpc) is 2.62. The molecule has 0 unspecified atom stereocenters. The van der Waals surface area contributed by atoms with Gasteiger partial charge in [-0.2, -0.15) is 0 Å². The van der Waals surface area contributed by atoms with Crippen LogP contribution >= 0.6 is 0 Å². The van der Waals surface area contributed by atoms with E-state index in [0.717, 1.165) is 17.0 Å². The highest BCUT2D eigenvalue weighted by atomic mass is 16.5. The van der Waals surface area contributed by atoms with Crippen molar-refractivity contribution in [2.75, 3.05) is 11.4 Å². The topological polar surface area (TPSA) is 58.6 Å². The second kappa shape index (κ2) is 6.16. The lowest BCUT2D eigenvalue weighted by Crippen LogP contribution is -2.63. The fourth-order valence-corrected chi connectivity index (χ4v) is 4.11. The number of carbonyl (C=O) groups excluding carboxylic acids is 2. The van der Waals surface area contributed by atoms with Crippen molar-refractivity contribution in [2.24, 2.45) is 5.92 Å². The summed E-state index contributed by atoms with van der Waals surface area (Å²) < 4.78 is 6.00. The van der Waals surface area contributed by atoms with E-state index in [0.29, 0.717) is 13.0 Å². The number of nitrogens with zero attached hydrogens (tertiary/aromatic N) is 1. The van der Waals surface area contributed by atoms with E-state index < -0.39 is 11.6 Å². The van der Waals surface area contributed by atoms with Crippen molar-refractivity contribution in [3.05, 3.63) is 60.2 Å². The lowest BCUT2D eigenvalue weighted by molar-refractivity contribution is -0.146. The fourth-order valence-electron chi connectivity index (χ4n) is 4.11. The predicted octanol–water partition coefficient (Wildman–Crippen LogP) is 3.07. The van der Waals surface area contributed by atoms with Gasteiger partial charge in [0, 0.05) is 24.6 Å². The summed E-state index contributed by atoms with van der Waals surface area (Å²) in [4.78, 5) is 27.9. The summed E-state index contributed by atoms with van der Waals surface area (Å²) in [7, 11) is 0. The molecular weight excluding hydrogens is 328 g/mol. The Balaban J connectivity index is 1.74. The van der Waals surface area contributed by atoms with Gasteiger partial charge >= 0.3 is 0 Å². The van der Waals surface area contributed by atoms with Crippen molar-refractivity contribution >= 4 is 17.5 Å². The molecule has 2 heterocycles. The van der Waals surface area contributed by atoms with Gasteiger partial charge in [0.05, 0.1) is 0 Å². The molecule has 2 amide bonds. The first-order valence-corrected chi connectivity index (χ1v) is 8.99. The van der Waals surface area contributed by atoms with Crippen LogP contribution in [0, 0.1) is 5.92 Å². The lowest BCUT2D eigenvalue weighted by Gasteiger charge is -2.47. The molecule has 0 aliphatic carbocycles. The van der Waals surface area contributed by atoms with Crippen molar-refractivity contribution in [2.45, 2.75) is 31.9 Å². The van der Waals surface area contributed by atoms with E-state index in [4.69, 9.17) is 4.74 Å². The van der Waals surface area contributed by atoms with Crippen molar-refractivity contribution < 1.29 is 14.3 Å². The number of carbonyl (C=O) groups is 2. The zero-order valence-corrected chi connectivity index (χ0v) is 14.9. The number of anilines is 1. The number of hydrogen-bond donors (Lipinski definition) is 1. The third kappa shape index (κ3) is 2.64. The van der Waals surface area contributed by atoms with Gasteiger partial charge in [-0.1, -0.05) is 36.4 Å². The van der Waals surface area contributed by atoms with Gasteiger partial charge < -0.3 is 15.0 Å². The number of rotatable bonds is 3. The maximum absolute atomic E-state index is 13.4. The van der Waals surface area contributed by atoms with Gasteiger partial charge in [-0.3, -0.25) is 9.59 Å². The summed E-state index contributed by atoms with van der Waals surface area (Å²) in [6.07, 6.45) is 0.582. The summed E-state index contributed by atoms with van der Waals surface area (Å²) in [6.45, 7) is 4.30. The van der Waals surface area contributed by atoms with E-state index in [1.807, 2.05) is 68.4 Å². The Bertz CT molecular complexity index is 851. The van der Waals surface area contributed by atoms with Gasteiger partial charge in [0.25, 0.3) is 0 Å². The molecule has 5 heteroatoms. The van der Waals surface area contributed by atoms with Crippen LogP contribution in [0.4, 0.5) is 5.69 Å². The molecule has 0 aromatic heterocycles. The maximum atomic E-state index is 13.4. The van der Waals surface area contributed by atoms with E-state index in [1.165, 1.54) is 0 Å². The Morgan fingerprint density at radius 2 is 1.88 bits per heavy atom. The largest absolute Gasteiger partial charge is 0.468 e. The van der Waals surface area contributed by atoms with Crippen LogP contribution in [0.1, 0.15) is 31.7 Å². The summed E-state index contributed by atoms with van der Waals surface area (Å²) in [5.41, 5.74) is 0.972. The van der Waals surface area contributed by atoms with Crippen molar-refractivity contribution in [3.8, 4) is 5.75 Å². The molecule has 0 radical (unpaired) electrons. The van der Waals surface area contributed by atoms with E-state index in [-0.39, 0.29) is 17.7 Å². The fraction of sp³-hybridized carbons (Fsp3) is 0.333. The number of ether oxygens (including phenoxy) is 1. The zero-order chi connectivity index (χ0) is 18.3. The minimum absolute atomic E-state index is 0.167. The third-order valence-corrected chi connectivity index (χ3v) is 5.25. The van der Waals surface area contributed by atoms with Gasteiger partial charge in [0.2, 0.25) is 11.8 Å². The molecule has 3 atom stereocenters. The molecule has 26 heavy (non-hydrogen) atoms. The first kappa shape index (κ1) is 16.6. The predicted molar refractivity (Wildman–Crippen MR) is 98.9 cm³/mol. The second-order valence-electron chi connectivity index (χ2n) is 7.07. The second-order valence-corrected chi connectivity index (χ2v) is 7.07. The number of hydrogen-bond acceptors (Lipinski definition) is 3. The van der Waals surface area contributed by atoms with E-state index in [1.54, 1.807) is 4.90 Å². The molecule has 2 aromatic carbocycles. The molecule has 1 fully saturated rings. The number of nitrogens with one attached hydrogen (secondary N) is 1. The van der Waals surface area contributed by atoms with Crippen LogP contribution in [0.3, 0.4) is 0 Å². The quantitative estimate of drug-likeness (QED) is 0.866. The van der Waals surface area contributed by atoms with Gasteiger partial charge in [-0.25, -0.2) is 0 Å². The van der Waals surface area contributed by atoms with Gasteiger partial charge in [0.15, 0.2) is 5.72 Å². The average molecular weight is 350 g/mol. The number of fused-ring (bicyclic) bond motifs is 4. The molecule has 134 valence electrons. The minimum atomic E-state index is -0.767. The smallest absolute Gasteiger partial charge is 0.240 e. The first-order chi connectivity index (χ1) is 12.5. The Kier molecular flexibility index (Phi) is 3.94. The normalized spacial score (nSPS) is 26.3. The molecule has 1 N–H and O–H groups in total. The molecule has 2 bridgehead atoms. The monoisotopic (exact) mass is 350 g/mol. The number of para-hydroxylation sites is 2. The molecule has 2 aromatic rings. The highest BCUT2D eigenvalue weighted by Crippen LogP contribution is 2.47. The molecule has 2 aliphatic heterocycles. The molecule has 1 saturated heterocycles. The van der Waals surface area contributed by atoms with E-state index in [2.05, 4.69) is 5.32 Å². The van der Waals surface area contributed by atoms with Gasteiger partial charge in [-0.15, -0.1) is 0 Å². The molecule has 4 rings (SSSR count). The highest BCUT2D eigenvalue weighted by Gasteiger charge is 2.52. The van der Waals surface area contributed by atoms with Crippen molar-refractivity contribution in [1.29, 1.82) is 0 Å². The number of amides is 2. The van der Waals surface area contributed by atoms with Gasteiger partial charge in [-0.05, 0) is 37.6 Å². The molecular formula is C21H22N2O3. The van der Waals surface area contributed by atoms with Crippen LogP contribution in [0.15, 0.2) is 54.6 Å². The summed E-state index contributed by atoms with van der Waals surface area (Å²) in [5.74, 6) is -0.637. The summed E-state index contributed by atoms with van der Waals surface area (Å²) in [6, 6.07) is 17.2. The SMILES string of the molecule is CCN(C(=O)[C@@H]1C(=O)N[C@]2(C)C[C@@H]1c1ccccc1O2)c1ccccc1. The maximum Gasteiger partial charge on any atom is 0.240 e. The zero-order valence-electron chi connectivity index (χ0n) is 14.9. The Morgan fingerprint density at radius 1 is 1.19 bits per heavy atom. The third-order valence-electron chi connectivity index (χ3n) is 5.25. The molecule has 0 saturated carbocycles. The van der Waals surface area contributed by atoms with Crippen LogP contribution in [-0.4, -0.2) is 24.1 Å². The Labute approximate surface area is 153 Å². The summed E-state index contributed by atoms with van der Waals surface area (Å²) >= 11 is 0. The van der Waals surface area contributed by atoms with Crippen LogP contribution in [0.5, 0.6) is 5.75 Å². The Morgan fingerprint density at radius 3 is 2.62 bits per heavy atom. The standard InChI is InChI=1S/C21H22N2O3/c1-3-23(14-9-5-4-6-10-14)20(25)18-16-13-21(2,22-19(18)24)26-17-12-8-7-11-15(16)17/h4-12,16,18H,3,13H2,1-2H3,(H,22,24)/t16-,18+,21+/m1/s1. The number of benzene rings is 2. The van der Waals surface area contributed by atoms with E-state index >= 15 is 0 Å². The van der Waals surface area contributed by atoms with Crippen LogP contribution in [0.25, 0.3) is 0 Å². The van der Waals surface area contributed by atoms with Gasteiger partial charge in [0.1, 0.15) is 11.7 Å². The van der Waals surface area contributed by atoms with Crippen LogP contribution in [-0.2, 0) is 9.59 Å².